The van der Waals surface area contributed by atoms with Gasteiger partial charge in [-0.2, -0.15) is 0 Å². The molecule has 0 spiro atoms. The third-order valence-electron chi connectivity index (χ3n) is 1.85. The molecule has 104 valence electrons. The van der Waals surface area contributed by atoms with Crippen LogP contribution in [0.3, 0.4) is 0 Å². The van der Waals surface area contributed by atoms with Crippen LogP contribution in [0.25, 0.3) is 0 Å². The van der Waals surface area contributed by atoms with Crippen LogP contribution in [0, 0.1) is 0 Å². The van der Waals surface area contributed by atoms with Gasteiger partial charge in [0.15, 0.2) is 0 Å². The zero-order chi connectivity index (χ0) is 14.0. The molecule has 2 amide bonds. The summed E-state index contributed by atoms with van der Waals surface area (Å²) in [6, 6.07) is -0.897. The molecule has 0 aliphatic carbocycles. The van der Waals surface area contributed by atoms with Crippen LogP contribution in [-0.4, -0.2) is 43.8 Å². The third kappa shape index (κ3) is 8.37. The van der Waals surface area contributed by atoms with E-state index in [0.29, 0.717) is 6.61 Å². The lowest BCUT2D eigenvalue weighted by Crippen LogP contribution is -2.43. The van der Waals surface area contributed by atoms with Crippen LogP contribution >= 0.6 is 0 Å². The zero-order valence-electron chi connectivity index (χ0n) is 10.9. The molecule has 1 atom stereocenters. The molecule has 0 radical (unpaired) electrons. The summed E-state index contributed by atoms with van der Waals surface area (Å²) in [5.41, 5.74) is 0. The normalized spacial score (nSPS) is 11.3. The Morgan fingerprint density at radius 3 is 2.17 bits per heavy atom. The summed E-state index contributed by atoms with van der Waals surface area (Å²) in [7, 11) is 0. The predicted molar refractivity (Wildman–Crippen MR) is 63.9 cm³/mol. The summed E-state index contributed by atoms with van der Waals surface area (Å²) >= 11 is 0. The van der Waals surface area contributed by atoms with Gasteiger partial charge in [-0.3, -0.25) is 9.59 Å². The molecule has 0 aromatic heterocycles. The van der Waals surface area contributed by atoms with Crippen LogP contribution in [0.4, 0.5) is 4.79 Å². The molecule has 0 aromatic rings. The number of hydrogen-bond acceptors (Lipinski definition) is 5. The molecule has 7 heteroatoms. The number of ether oxygens (including phenoxy) is 2. The molecule has 0 saturated carbocycles. The lowest BCUT2D eigenvalue weighted by atomic mass is 10.2. The van der Waals surface area contributed by atoms with Crippen LogP contribution in [0.5, 0.6) is 0 Å². The van der Waals surface area contributed by atoms with Gasteiger partial charge in [0.2, 0.25) is 0 Å². The highest BCUT2D eigenvalue weighted by molar-refractivity contribution is 5.81. The Hall–Kier alpha value is -1.79. The van der Waals surface area contributed by atoms with Crippen molar-refractivity contribution < 1.29 is 23.9 Å². The number of carbonyl (C=O) groups is 3. The first-order chi connectivity index (χ1) is 8.49. The Morgan fingerprint density at radius 2 is 1.61 bits per heavy atom. The molecule has 0 saturated heterocycles. The standard InChI is InChI=1S/C11H20N2O5/c1-4-17-9(14)6-8(3)13-11(16)12-7-10(15)18-5-2/h8H,4-7H2,1-3H3,(H2,12,13,16). The second-order valence-electron chi connectivity index (χ2n) is 3.54. The fraction of sp³-hybridized carbons (Fsp3) is 0.727. The summed E-state index contributed by atoms with van der Waals surface area (Å²) in [6.45, 7) is 5.43. The number of amides is 2. The van der Waals surface area contributed by atoms with E-state index in [1.54, 1.807) is 20.8 Å². The first-order valence-electron chi connectivity index (χ1n) is 5.85. The molecule has 0 aromatic carbocycles. The van der Waals surface area contributed by atoms with Gasteiger partial charge in [-0.25, -0.2) is 4.79 Å². The summed E-state index contributed by atoms with van der Waals surface area (Å²) in [5.74, 6) is -0.888. The van der Waals surface area contributed by atoms with Crippen molar-refractivity contribution in [3.63, 3.8) is 0 Å². The minimum absolute atomic E-state index is 0.0840. The van der Waals surface area contributed by atoms with Gasteiger partial charge >= 0.3 is 18.0 Å². The number of esters is 2. The summed E-state index contributed by atoms with van der Waals surface area (Å²) in [6.07, 6.45) is 0.0840. The molecule has 1 unspecified atom stereocenters. The highest BCUT2D eigenvalue weighted by atomic mass is 16.5. The van der Waals surface area contributed by atoms with Gasteiger partial charge in [0, 0.05) is 6.04 Å². The topological polar surface area (TPSA) is 93.7 Å². The number of carbonyl (C=O) groups excluding carboxylic acids is 3. The van der Waals surface area contributed by atoms with Crippen molar-refractivity contribution >= 4 is 18.0 Å². The maximum absolute atomic E-state index is 11.3. The molecular formula is C11H20N2O5. The fourth-order valence-electron chi connectivity index (χ4n) is 1.16. The molecule has 0 heterocycles. The summed E-state index contributed by atoms with van der Waals surface area (Å²) in [5, 5.41) is 4.83. The smallest absolute Gasteiger partial charge is 0.325 e. The number of hydrogen-bond donors (Lipinski definition) is 2. The van der Waals surface area contributed by atoms with Gasteiger partial charge in [-0.05, 0) is 20.8 Å². The van der Waals surface area contributed by atoms with Crippen LogP contribution in [-0.2, 0) is 19.1 Å². The van der Waals surface area contributed by atoms with Gasteiger partial charge in [-0.1, -0.05) is 0 Å². The first kappa shape index (κ1) is 16.2. The van der Waals surface area contributed by atoms with Crippen LogP contribution < -0.4 is 10.6 Å². The van der Waals surface area contributed by atoms with Crippen molar-refractivity contribution in [2.24, 2.45) is 0 Å². The Labute approximate surface area is 106 Å². The van der Waals surface area contributed by atoms with E-state index in [-0.39, 0.29) is 31.6 Å². The van der Waals surface area contributed by atoms with E-state index in [9.17, 15) is 14.4 Å². The Balaban J connectivity index is 3.80. The van der Waals surface area contributed by atoms with Crippen molar-refractivity contribution in [2.75, 3.05) is 19.8 Å². The predicted octanol–water partition coefficient (Wildman–Crippen LogP) is 0.190. The van der Waals surface area contributed by atoms with E-state index in [4.69, 9.17) is 4.74 Å². The second kappa shape index (κ2) is 9.26. The zero-order valence-corrected chi connectivity index (χ0v) is 10.9. The average molecular weight is 260 g/mol. The fourth-order valence-corrected chi connectivity index (χ4v) is 1.16. The van der Waals surface area contributed by atoms with Crippen LogP contribution in [0.15, 0.2) is 0 Å². The van der Waals surface area contributed by atoms with E-state index in [1.807, 2.05) is 0 Å². The van der Waals surface area contributed by atoms with E-state index in [2.05, 4.69) is 15.4 Å². The maximum atomic E-state index is 11.3. The van der Waals surface area contributed by atoms with E-state index in [1.165, 1.54) is 0 Å². The van der Waals surface area contributed by atoms with Gasteiger partial charge < -0.3 is 20.1 Å². The molecular weight excluding hydrogens is 240 g/mol. The molecule has 2 N–H and O–H groups in total. The number of rotatable bonds is 7. The highest BCUT2D eigenvalue weighted by Gasteiger charge is 2.13. The molecule has 0 fully saturated rings. The second-order valence-corrected chi connectivity index (χ2v) is 3.54. The van der Waals surface area contributed by atoms with Gasteiger partial charge in [0.25, 0.3) is 0 Å². The Kier molecular flexibility index (Phi) is 8.34. The summed E-state index contributed by atoms with van der Waals surface area (Å²) in [4.78, 5) is 33.4. The highest BCUT2D eigenvalue weighted by Crippen LogP contribution is 1.93. The summed E-state index contributed by atoms with van der Waals surface area (Å²) < 4.78 is 9.38. The van der Waals surface area contributed by atoms with Crippen molar-refractivity contribution in [3.8, 4) is 0 Å². The SMILES string of the molecule is CCOC(=O)CNC(=O)NC(C)CC(=O)OCC. The molecule has 7 nitrogen and oxygen atoms in total. The molecule has 0 aliphatic heterocycles. The van der Waals surface area contributed by atoms with Gasteiger partial charge in [-0.15, -0.1) is 0 Å². The van der Waals surface area contributed by atoms with E-state index >= 15 is 0 Å². The lowest BCUT2D eigenvalue weighted by Gasteiger charge is -2.13. The minimum atomic E-state index is -0.528. The molecule has 0 rings (SSSR count). The Morgan fingerprint density at radius 1 is 1.06 bits per heavy atom. The third-order valence-corrected chi connectivity index (χ3v) is 1.85. The number of urea groups is 1. The Bertz CT molecular complexity index is 293. The lowest BCUT2D eigenvalue weighted by molar-refractivity contribution is -0.144. The molecule has 0 aliphatic rings. The molecule has 18 heavy (non-hydrogen) atoms. The molecule has 0 bridgehead atoms. The van der Waals surface area contributed by atoms with Crippen LogP contribution in [0.2, 0.25) is 0 Å². The van der Waals surface area contributed by atoms with Gasteiger partial charge in [0.05, 0.1) is 19.6 Å². The quantitative estimate of drug-likeness (QED) is 0.637. The average Bonchev–Trinajstić information content (AvgIpc) is 2.26. The monoisotopic (exact) mass is 260 g/mol. The van der Waals surface area contributed by atoms with E-state index in [0.717, 1.165) is 0 Å². The van der Waals surface area contributed by atoms with Crippen molar-refractivity contribution in [1.82, 2.24) is 10.6 Å². The van der Waals surface area contributed by atoms with Crippen molar-refractivity contribution in [1.29, 1.82) is 0 Å². The van der Waals surface area contributed by atoms with Gasteiger partial charge in [0.1, 0.15) is 6.54 Å². The van der Waals surface area contributed by atoms with Crippen molar-refractivity contribution in [2.45, 2.75) is 33.2 Å². The number of nitrogens with one attached hydrogen (secondary N) is 2. The maximum Gasteiger partial charge on any atom is 0.325 e. The minimum Gasteiger partial charge on any atom is -0.466 e. The van der Waals surface area contributed by atoms with Crippen LogP contribution in [0.1, 0.15) is 27.2 Å². The first-order valence-corrected chi connectivity index (χ1v) is 5.85. The van der Waals surface area contributed by atoms with Crippen molar-refractivity contribution in [3.05, 3.63) is 0 Å². The van der Waals surface area contributed by atoms with E-state index < -0.39 is 12.0 Å². The largest absolute Gasteiger partial charge is 0.466 e.